The van der Waals surface area contributed by atoms with Crippen LogP contribution in [0.2, 0.25) is 0 Å². The first-order valence-corrected chi connectivity index (χ1v) is 5.46. The van der Waals surface area contributed by atoms with Gasteiger partial charge in [0.05, 0.1) is 11.6 Å². The van der Waals surface area contributed by atoms with Crippen LogP contribution in [0.15, 0.2) is 0 Å². The Morgan fingerprint density at radius 3 is 2.64 bits per heavy atom. The molecule has 0 aromatic rings. The summed E-state index contributed by atoms with van der Waals surface area (Å²) in [6.45, 7) is 5.55. The van der Waals surface area contributed by atoms with Crippen LogP contribution in [-0.4, -0.2) is 22.7 Å². The molecule has 1 fully saturated rings. The predicted octanol–water partition coefficient (Wildman–Crippen LogP) is 1.45. The van der Waals surface area contributed by atoms with Crippen molar-refractivity contribution in [2.45, 2.75) is 58.1 Å². The standard InChI is InChI=1S/C11H21NO2/c1-8(2)10(13)12-9-6-4-5-7-11(9,3)14/h8-9,14H,4-7H2,1-3H3,(H,12,13)/t9-,11-/m0/s1. The SMILES string of the molecule is CC(C)C(=O)N[C@H]1CCCC[C@]1(C)O. The smallest absolute Gasteiger partial charge is 0.222 e. The summed E-state index contributed by atoms with van der Waals surface area (Å²) in [7, 11) is 0. The minimum absolute atomic E-state index is 0.00673. The summed E-state index contributed by atoms with van der Waals surface area (Å²) >= 11 is 0. The molecule has 82 valence electrons. The molecular formula is C11H21NO2. The molecule has 0 bridgehead atoms. The van der Waals surface area contributed by atoms with Gasteiger partial charge in [-0.1, -0.05) is 26.7 Å². The van der Waals surface area contributed by atoms with E-state index in [4.69, 9.17) is 0 Å². The third kappa shape index (κ3) is 2.71. The average Bonchev–Trinajstić information content (AvgIpc) is 2.08. The van der Waals surface area contributed by atoms with E-state index in [0.29, 0.717) is 0 Å². The van der Waals surface area contributed by atoms with Gasteiger partial charge in [-0.15, -0.1) is 0 Å². The van der Waals surface area contributed by atoms with E-state index in [2.05, 4.69) is 5.32 Å². The minimum Gasteiger partial charge on any atom is -0.388 e. The molecule has 1 aliphatic rings. The van der Waals surface area contributed by atoms with Crippen molar-refractivity contribution in [3.05, 3.63) is 0 Å². The topological polar surface area (TPSA) is 49.3 Å². The Morgan fingerprint density at radius 1 is 1.50 bits per heavy atom. The fourth-order valence-electron chi connectivity index (χ4n) is 1.88. The Labute approximate surface area is 85.9 Å². The largest absolute Gasteiger partial charge is 0.388 e. The van der Waals surface area contributed by atoms with E-state index >= 15 is 0 Å². The van der Waals surface area contributed by atoms with Crippen molar-refractivity contribution in [1.82, 2.24) is 5.32 Å². The van der Waals surface area contributed by atoms with Gasteiger partial charge >= 0.3 is 0 Å². The van der Waals surface area contributed by atoms with Crippen molar-refractivity contribution in [3.63, 3.8) is 0 Å². The predicted molar refractivity (Wildman–Crippen MR) is 55.9 cm³/mol. The summed E-state index contributed by atoms with van der Waals surface area (Å²) in [5.74, 6) is 0.0323. The molecule has 3 heteroatoms. The van der Waals surface area contributed by atoms with Crippen LogP contribution in [0.3, 0.4) is 0 Å². The molecule has 1 saturated carbocycles. The average molecular weight is 199 g/mol. The normalized spacial score (nSPS) is 33.1. The molecule has 0 aliphatic heterocycles. The number of carbonyl (C=O) groups is 1. The first-order chi connectivity index (χ1) is 6.43. The molecule has 14 heavy (non-hydrogen) atoms. The van der Waals surface area contributed by atoms with Crippen LogP contribution in [0.1, 0.15) is 46.5 Å². The maximum Gasteiger partial charge on any atom is 0.222 e. The summed E-state index contributed by atoms with van der Waals surface area (Å²) in [6, 6.07) is -0.0637. The molecular weight excluding hydrogens is 178 g/mol. The van der Waals surface area contributed by atoms with Gasteiger partial charge in [0.25, 0.3) is 0 Å². The zero-order chi connectivity index (χ0) is 10.8. The van der Waals surface area contributed by atoms with E-state index in [9.17, 15) is 9.90 Å². The Balaban J connectivity index is 2.54. The van der Waals surface area contributed by atoms with Crippen molar-refractivity contribution >= 4 is 5.91 Å². The van der Waals surface area contributed by atoms with Gasteiger partial charge < -0.3 is 10.4 Å². The van der Waals surface area contributed by atoms with Crippen LogP contribution in [0.5, 0.6) is 0 Å². The molecule has 0 aromatic carbocycles. The highest BCUT2D eigenvalue weighted by Crippen LogP contribution is 2.28. The Kier molecular flexibility index (Phi) is 3.53. The van der Waals surface area contributed by atoms with Crippen molar-refractivity contribution in [3.8, 4) is 0 Å². The maximum absolute atomic E-state index is 11.5. The second-order valence-electron chi connectivity index (χ2n) is 4.82. The van der Waals surface area contributed by atoms with E-state index < -0.39 is 5.60 Å². The van der Waals surface area contributed by atoms with Crippen LogP contribution in [0, 0.1) is 5.92 Å². The summed E-state index contributed by atoms with van der Waals surface area (Å²) in [4.78, 5) is 11.5. The number of nitrogens with one attached hydrogen (secondary N) is 1. The maximum atomic E-state index is 11.5. The van der Waals surface area contributed by atoms with Gasteiger partial charge in [-0.2, -0.15) is 0 Å². The summed E-state index contributed by atoms with van der Waals surface area (Å²) in [5.41, 5.74) is -0.719. The Bertz CT molecular complexity index is 211. The third-order valence-electron chi connectivity index (χ3n) is 3.02. The molecule has 1 aliphatic carbocycles. The molecule has 1 rings (SSSR count). The van der Waals surface area contributed by atoms with E-state index in [1.54, 1.807) is 0 Å². The molecule has 0 aromatic heterocycles. The molecule has 2 N–H and O–H groups in total. The molecule has 0 heterocycles. The lowest BCUT2D eigenvalue weighted by Crippen LogP contribution is -2.53. The van der Waals surface area contributed by atoms with Crippen molar-refractivity contribution in [2.24, 2.45) is 5.92 Å². The Morgan fingerprint density at radius 2 is 2.14 bits per heavy atom. The first kappa shape index (κ1) is 11.5. The fraction of sp³-hybridized carbons (Fsp3) is 0.909. The van der Waals surface area contributed by atoms with Crippen LogP contribution in [0.25, 0.3) is 0 Å². The zero-order valence-electron chi connectivity index (χ0n) is 9.34. The van der Waals surface area contributed by atoms with Gasteiger partial charge in [0.2, 0.25) is 5.91 Å². The number of aliphatic hydroxyl groups is 1. The lowest BCUT2D eigenvalue weighted by Gasteiger charge is -2.37. The van der Waals surface area contributed by atoms with Gasteiger partial charge in [0.15, 0.2) is 0 Å². The van der Waals surface area contributed by atoms with Gasteiger partial charge in [0, 0.05) is 5.92 Å². The highest BCUT2D eigenvalue weighted by atomic mass is 16.3. The number of rotatable bonds is 2. The highest BCUT2D eigenvalue weighted by molar-refractivity contribution is 5.78. The van der Waals surface area contributed by atoms with Crippen molar-refractivity contribution in [2.75, 3.05) is 0 Å². The number of carbonyl (C=O) groups excluding carboxylic acids is 1. The zero-order valence-corrected chi connectivity index (χ0v) is 9.34. The molecule has 0 unspecified atom stereocenters. The number of amides is 1. The Hall–Kier alpha value is -0.570. The quantitative estimate of drug-likeness (QED) is 0.707. The molecule has 0 saturated heterocycles. The molecule has 1 amide bonds. The van der Waals surface area contributed by atoms with Crippen molar-refractivity contribution < 1.29 is 9.90 Å². The lowest BCUT2D eigenvalue weighted by molar-refractivity contribution is -0.127. The second-order valence-corrected chi connectivity index (χ2v) is 4.82. The highest BCUT2D eigenvalue weighted by Gasteiger charge is 2.35. The third-order valence-corrected chi connectivity index (χ3v) is 3.02. The van der Waals surface area contributed by atoms with Crippen LogP contribution >= 0.6 is 0 Å². The van der Waals surface area contributed by atoms with E-state index in [-0.39, 0.29) is 17.9 Å². The molecule has 0 spiro atoms. The number of hydrogen-bond donors (Lipinski definition) is 2. The lowest BCUT2D eigenvalue weighted by atomic mass is 9.81. The summed E-state index contributed by atoms with van der Waals surface area (Å²) in [5, 5.41) is 13.0. The minimum atomic E-state index is -0.719. The fourth-order valence-corrected chi connectivity index (χ4v) is 1.88. The monoisotopic (exact) mass is 199 g/mol. The van der Waals surface area contributed by atoms with Gasteiger partial charge in [-0.25, -0.2) is 0 Å². The van der Waals surface area contributed by atoms with Crippen molar-refractivity contribution in [1.29, 1.82) is 0 Å². The summed E-state index contributed by atoms with van der Waals surface area (Å²) < 4.78 is 0. The molecule has 0 radical (unpaired) electrons. The molecule has 2 atom stereocenters. The van der Waals surface area contributed by atoms with E-state index in [1.807, 2.05) is 20.8 Å². The van der Waals surface area contributed by atoms with Gasteiger partial charge in [-0.3, -0.25) is 4.79 Å². The molecule has 3 nitrogen and oxygen atoms in total. The first-order valence-electron chi connectivity index (χ1n) is 5.46. The van der Waals surface area contributed by atoms with Crippen LogP contribution < -0.4 is 5.32 Å². The summed E-state index contributed by atoms with van der Waals surface area (Å²) in [6.07, 6.45) is 3.84. The van der Waals surface area contributed by atoms with E-state index in [0.717, 1.165) is 25.7 Å². The van der Waals surface area contributed by atoms with Gasteiger partial charge in [0.1, 0.15) is 0 Å². The second kappa shape index (κ2) is 4.30. The van der Waals surface area contributed by atoms with Crippen LogP contribution in [-0.2, 0) is 4.79 Å². The number of hydrogen-bond acceptors (Lipinski definition) is 2. The van der Waals surface area contributed by atoms with E-state index in [1.165, 1.54) is 0 Å². The van der Waals surface area contributed by atoms with Gasteiger partial charge in [-0.05, 0) is 19.8 Å². The van der Waals surface area contributed by atoms with Crippen LogP contribution in [0.4, 0.5) is 0 Å².